The molecule has 0 spiro atoms. The summed E-state index contributed by atoms with van der Waals surface area (Å²) in [5.41, 5.74) is 9.17. The summed E-state index contributed by atoms with van der Waals surface area (Å²) < 4.78 is 17.9. The molecule has 2 aromatic heterocycles. The first-order valence-electron chi connectivity index (χ1n) is 8.73. The first-order chi connectivity index (χ1) is 13.7. The van der Waals surface area contributed by atoms with E-state index in [-0.39, 0.29) is 6.79 Å². The number of nitrogen functional groups attached to an aromatic ring is 1. The second kappa shape index (κ2) is 10.2. The van der Waals surface area contributed by atoms with Gasteiger partial charge in [0.25, 0.3) is 0 Å². The topological polar surface area (TPSA) is 97.3 Å². The van der Waals surface area contributed by atoms with Gasteiger partial charge in [-0.05, 0) is 18.2 Å². The van der Waals surface area contributed by atoms with Gasteiger partial charge < -0.3 is 19.9 Å². The first kappa shape index (κ1) is 20.2. The van der Waals surface area contributed by atoms with Crippen molar-refractivity contribution in [2.45, 2.75) is 6.54 Å². The molecule has 0 atom stereocenters. The van der Waals surface area contributed by atoms with Gasteiger partial charge in [0.05, 0.1) is 31.6 Å². The lowest BCUT2D eigenvalue weighted by molar-refractivity contribution is 0.0515. The van der Waals surface area contributed by atoms with E-state index in [4.69, 9.17) is 19.9 Å². The highest BCUT2D eigenvalue weighted by Crippen LogP contribution is 2.32. The zero-order chi connectivity index (χ0) is 19.8. The van der Waals surface area contributed by atoms with Gasteiger partial charge in [-0.1, -0.05) is 28.1 Å². The Morgan fingerprint density at radius 3 is 2.82 bits per heavy atom. The van der Waals surface area contributed by atoms with Crippen LogP contribution in [0, 0.1) is 0 Å². The van der Waals surface area contributed by atoms with Gasteiger partial charge in [-0.25, -0.2) is 0 Å². The summed E-state index contributed by atoms with van der Waals surface area (Å²) in [5.74, 6) is 1.00. The van der Waals surface area contributed by atoms with E-state index in [1.165, 1.54) is 0 Å². The summed E-state index contributed by atoms with van der Waals surface area (Å²) in [6.07, 6.45) is 3.68. The van der Waals surface area contributed by atoms with Crippen molar-refractivity contribution < 1.29 is 14.2 Å². The predicted octanol–water partition coefficient (Wildman–Crippen LogP) is 2.98. The number of halogens is 1. The predicted molar refractivity (Wildman–Crippen MR) is 110 cm³/mol. The van der Waals surface area contributed by atoms with Gasteiger partial charge in [-0.2, -0.15) is 5.10 Å². The van der Waals surface area contributed by atoms with Crippen molar-refractivity contribution in [3.05, 3.63) is 42.7 Å². The molecule has 28 heavy (non-hydrogen) atoms. The smallest absolute Gasteiger partial charge is 0.188 e. The minimum absolute atomic E-state index is 0.149. The van der Waals surface area contributed by atoms with E-state index >= 15 is 0 Å². The molecule has 0 aliphatic rings. The number of anilines is 1. The van der Waals surface area contributed by atoms with Gasteiger partial charge in [-0.3, -0.25) is 4.68 Å². The maximum absolute atomic E-state index is 6.07. The molecule has 0 fully saturated rings. The fraction of sp³-hybridized carbons (Fsp3) is 0.316. The molecule has 8 nitrogen and oxygen atoms in total. The molecule has 2 heterocycles. The van der Waals surface area contributed by atoms with E-state index in [0.29, 0.717) is 37.0 Å². The molecule has 0 bridgehead atoms. The Balaban J connectivity index is 1.84. The molecule has 0 saturated heterocycles. The van der Waals surface area contributed by atoms with Crippen LogP contribution in [0.1, 0.15) is 0 Å². The van der Waals surface area contributed by atoms with Crippen LogP contribution in [-0.4, -0.2) is 52.4 Å². The van der Waals surface area contributed by atoms with Gasteiger partial charge in [0.15, 0.2) is 12.6 Å². The molecular formula is C19H22BrN5O3. The minimum Gasteiger partial charge on any atom is -0.467 e. The Morgan fingerprint density at radius 1 is 1.14 bits per heavy atom. The van der Waals surface area contributed by atoms with Crippen molar-refractivity contribution in [2.24, 2.45) is 0 Å². The van der Waals surface area contributed by atoms with E-state index in [1.807, 2.05) is 41.2 Å². The number of rotatable bonds is 10. The van der Waals surface area contributed by atoms with Crippen LogP contribution in [0.4, 0.5) is 5.82 Å². The van der Waals surface area contributed by atoms with E-state index < -0.39 is 0 Å². The number of alkyl halides is 1. The summed E-state index contributed by atoms with van der Waals surface area (Å²) in [5, 5.41) is 13.5. The highest BCUT2D eigenvalue weighted by molar-refractivity contribution is 9.09. The number of para-hydroxylation sites is 1. The third-order valence-electron chi connectivity index (χ3n) is 3.95. The number of nitrogens with zero attached hydrogens (tertiary/aromatic N) is 4. The lowest BCUT2D eigenvalue weighted by atomic mass is 10.1. The maximum atomic E-state index is 6.07. The molecule has 0 amide bonds. The third-order valence-corrected chi connectivity index (χ3v) is 4.27. The second-order valence-electron chi connectivity index (χ2n) is 5.87. The molecule has 3 aromatic rings. The van der Waals surface area contributed by atoms with E-state index in [9.17, 15) is 0 Å². The fourth-order valence-corrected chi connectivity index (χ4v) is 2.86. The van der Waals surface area contributed by atoms with E-state index in [0.717, 1.165) is 22.0 Å². The third kappa shape index (κ3) is 5.06. The van der Waals surface area contributed by atoms with Crippen LogP contribution in [0.15, 0.2) is 42.7 Å². The lowest BCUT2D eigenvalue weighted by Crippen LogP contribution is -2.07. The lowest BCUT2D eigenvalue weighted by Gasteiger charge is -2.11. The van der Waals surface area contributed by atoms with Gasteiger partial charge in [0.2, 0.25) is 0 Å². The molecule has 1 aromatic carbocycles. The molecule has 0 aliphatic heterocycles. The van der Waals surface area contributed by atoms with Crippen molar-refractivity contribution >= 4 is 21.7 Å². The normalized spacial score (nSPS) is 10.9. The van der Waals surface area contributed by atoms with Crippen molar-refractivity contribution in [1.82, 2.24) is 20.0 Å². The molecule has 0 radical (unpaired) electrons. The number of methoxy groups -OCH3 is 1. The largest absolute Gasteiger partial charge is 0.467 e. The molecule has 0 saturated carbocycles. The first-order valence-corrected chi connectivity index (χ1v) is 9.86. The Morgan fingerprint density at radius 2 is 2.00 bits per heavy atom. The number of benzene rings is 1. The van der Waals surface area contributed by atoms with Crippen molar-refractivity contribution in [3.63, 3.8) is 0 Å². The number of nitrogens with two attached hydrogens (primary N) is 1. The standard InChI is InChI=1S/C19H22BrN5O3/c1-26-13-28-18-5-3-2-4-15(18)17-10-16(19(21)24-23-17)14-11-22-25(12-14)7-9-27-8-6-20/h2-5,10-12H,6-9,13H2,1H3,(H2,21,24). The highest BCUT2D eigenvalue weighted by atomic mass is 79.9. The van der Waals surface area contributed by atoms with Gasteiger partial charge in [0.1, 0.15) is 5.75 Å². The molecule has 0 unspecified atom stereocenters. The minimum atomic E-state index is 0.149. The van der Waals surface area contributed by atoms with E-state index in [1.54, 1.807) is 13.3 Å². The molecule has 2 N–H and O–H groups in total. The van der Waals surface area contributed by atoms with Gasteiger partial charge in [-0.15, -0.1) is 10.2 Å². The van der Waals surface area contributed by atoms with Crippen LogP contribution >= 0.6 is 15.9 Å². The fourth-order valence-electron chi connectivity index (χ4n) is 2.63. The number of hydrogen-bond donors (Lipinski definition) is 1. The van der Waals surface area contributed by atoms with Crippen LogP contribution in [0.25, 0.3) is 22.4 Å². The summed E-state index contributed by atoms with van der Waals surface area (Å²) in [7, 11) is 1.58. The van der Waals surface area contributed by atoms with Gasteiger partial charge >= 0.3 is 0 Å². The van der Waals surface area contributed by atoms with Crippen LogP contribution in [-0.2, 0) is 16.0 Å². The zero-order valence-corrected chi connectivity index (χ0v) is 17.1. The number of ether oxygens (including phenoxy) is 3. The highest BCUT2D eigenvalue weighted by Gasteiger charge is 2.13. The zero-order valence-electron chi connectivity index (χ0n) is 15.5. The average Bonchev–Trinajstić information content (AvgIpc) is 3.19. The number of aromatic nitrogens is 4. The SMILES string of the molecule is COCOc1ccccc1-c1cc(-c2cnn(CCOCCBr)c2)c(N)nn1. The second-order valence-corrected chi connectivity index (χ2v) is 6.66. The van der Waals surface area contributed by atoms with Crippen LogP contribution in [0.5, 0.6) is 5.75 Å². The molecule has 3 rings (SSSR count). The Hall–Kier alpha value is -2.49. The summed E-state index contributed by atoms with van der Waals surface area (Å²) in [6, 6.07) is 9.47. The summed E-state index contributed by atoms with van der Waals surface area (Å²) in [4.78, 5) is 0. The van der Waals surface area contributed by atoms with Crippen LogP contribution in [0.2, 0.25) is 0 Å². The average molecular weight is 448 g/mol. The number of hydrogen-bond acceptors (Lipinski definition) is 7. The summed E-state index contributed by atoms with van der Waals surface area (Å²) in [6.45, 7) is 2.07. The van der Waals surface area contributed by atoms with Crippen molar-refractivity contribution in [3.8, 4) is 28.1 Å². The molecule has 9 heteroatoms. The quantitative estimate of drug-likeness (QED) is 0.289. The summed E-state index contributed by atoms with van der Waals surface area (Å²) >= 11 is 3.33. The van der Waals surface area contributed by atoms with Crippen molar-refractivity contribution in [2.75, 3.05) is 38.2 Å². The van der Waals surface area contributed by atoms with Crippen molar-refractivity contribution in [1.29, 1.82) is 0 Å². The Labute approximate surface area is 171 Å². The molecule has 148 valence electrons. The van der Waals surface area contributed by atoms with Gasteiger partial charge in [0, 0.05) is 35.3 Å². The molecular weight excluding hydrogens is 426 g/mol. The van der Waals surface area contributed by atoms with Crippen LogP contribution < -0.4 is 10.5 Å². The Bertz CT molecular complexity index is 903. The monoisotopic (exact) mass is 447 g/mol. The maximum Gasteiger partial charge on any atom is 0.188 e. The van der Waals surface area contributed by atoms with Crippen LogP contribution in [0.3, 0.4) is 0 Å². The molecule has 0 aliphatic carbocycles. The Kier molecular flexibility index (Phi) is 7.35. The van der Waals surface area contributed by atoms with E-state index in [2.05, 4.69) is 31.2 Å².